The van der Waals surface area contributed by atoms with E-state index in [1.807, 2.05) is 30.3 Å². The number of aromatic nitrogens is 3. The van der Waals surface area contributed by atoms with Gasteiger partial charge in [-0.1, -0.05) is 29.8 Å². The summed E-state index contributed by atoms with van der Waals surface area (Å²) in [5.74, 6) is -1.01. The summed E-state index contributed by atoms with van der Waals surface area (Å²) >= 11 is 5.71. The third-order valence-electron chi connectivity index (χ3n) is 4.75. The summed E-state index contributed by atoms with van der Waals surface area (Å²) in [6, 6.07) is 12.5. The molecule has 0 radical (unpaired) electrons. The highest BCUT2D eigenvalue weighted by molar-refractivity contribution is 7.89. The van der Waals surface area contributed by atoms with Gasteiger partial charge in [-0.05, 0) is 30.3 Å². The molecule has 0 spiro atoms. The highest BCUT2D eigenvalue weighted by atomic mass is 35.5. The molecular weight excluding hydrogens is 433 g/mol. The topological polar surface area (TPSA) is 88.4 Å². The van der Waals surface area contributed by atoms with Crippen molar-refractivity contribution in [3.8, 4) is 5.69 Å². The summed E-state index contributed by atoms with van der Waals surface area (Å²) in [5, 5.41) is 8.08. The molecular formula is C19H17ClFN5O3S. The summed E-state index contributed by atoms with van der Waals surface area (Å²) in [4.78, 5) is 15.6. The van der Waals surface area contributed by atoms with Gasteiger partial charge in [0.2, 0.25) is 10.0 Å². The van der Waals surface area contributed by atoms with Crippen molar-refractivity contribution in [2.45, 2.75) is 4.90 Å². The number of amides is 1. The lowest BCUT2D eigenvalue weighted by Crippen LogP contribution is -2.50. The first-order valence-electron chi connectivity index (χ1n) is 9.08. The maximum Gasteiger partial charge on any atom is 0.276 e. The highest BCUT2D eigenvalue weighted by Crippen LogP contribution is 2.23. The van der Waals surface area contributed by atoms with Gasteiger partial charge in [-0.25, -0.2) is 12.8 Å². The van der Waals surface area contributed by atoms with Crippen molar-refractivity contribution in [2.24, 2.45) is 0 Å². The first kappa shape index (κ1) is 20.5. The highest BCUT2D eigenvalue weighted by Gasteiger charge is 2.31. The summed E-state index contributed by atoms with van der Waals surface area (Å²) in [7, 11) is -3.83. The normalized spacial score (nSPS) is 15.3. The van der Waals surface area contributed by atoms with Crippen LogP contribution in [0.25, 0.3) is 5.69 Å². The monoisotopic (exact) mass is 449 g/mol. The lowest BCUT2D eigenvalue weighted by molar-refractivity contribution is 0.0691. The number of hydrogen-bond acceptors (Lipinski definition) is 5. The van der Waals surface area contributed by atoms with Crippen LogP contribution in [0.3, 0.4) is 0 Å². The molecule has 30 heavy (non-hydrogen) atoms. The second-order valence-corrected chi connectivity index (χ2v) is 8.97. The fourth-order valence-corrected chi connectivity index (χ4v) is 4.82. The number of carbonyl (C=O) groups excluding carboxylic acids is 1. The van der Waals surface area contributed by atoms with Crippen LogP contribution in [0, 0.1) is 5.82 Å². The lowest BCUT2D eigenvalue weighted by Gasteiger charge is -2.33. The maximum absolute atomic E-state index is 13.3. The summed E-state index contributed by atoms with van der Waals surface area (Å²) in [6.07, 6.45) is 1.39. The molecule has 1 aliphatic heterocycles. The molecule has 0 unspecified atom stereocenters. The Morgan fingerprint density at radius 2 is 1.73 bits per heavy atom. The molecule has 0 atom stereocenters. The van der Waals surface area contributed by atoms with E-state index in [0.29, 0.717) is 0 Å². The molecule has 4 rings (SSSR count). The molecule has 156 valence electrons. The van der Waals surface area contributed by atoms with E-state index in [2.05, 4.69) is 10.2 Å². The number of benzene rings is 2. The smallest absolute Gasteiger partial charge is 0.276 e. The Balaban J connectivity index is 1.43. The van der Waals surface area contributed by atoms with Crippen LogP contribution in [0.15, 0.2) is 59.6 Å². The van der Waals surface area contributed by atoms with Gasteiger partial charge < -0.3 is 4.90 Å². The zero-order valence-corrected chi connectivity index (χ0v) is 17.2. The Bertz CT molecular complexity index is 1180. The molecule has 1 saturated heterocycles. The first-order valence-corrected chi connectivity index (χ1v) is 10.9. The van der Waals surface area contributed by atoms with Crippen LogP contribution >= 0.6 is 11.6 Å². The number of hydrogen-bond donors (Lipinski definition) is 0. The fourth-order valence-electron chi connectivity index (χ4n) is 3.13. The van der Waals surface area contributed by atoms with E-state index in [1.54, 1.807) is 0 Å². The minimum Gasteiger partial charge on any atom is -0.335 e. The second-order valence-electron chi connectivity index (χ2n) is 6.63. The van der Waals surface area contributed by atoms with E-state index in [4.69, 9.17) is 11.6 Å². The molecule has 2 heterocycles. The van der Waals surface area contributed by atoms with Crippen LogP contribution in [-0.4, -0.2) is 64.7 Å². The Hall–Kier alpha value is -2.82. The molecule has 3 aromatic rings. The summed E-state index contributed by atoms with van der Waals surface area (Å²) < 4.78 is 40.1. The Kier molecular flexibility index (Phi) is 5.54. The molecule has 1 amide bonds. The maximum atomic E-state index is 13.3. The van der Waals surface area contributed by atoms with Crippen molar-refractivity contribution >= 4 is 27.5 Å². The number of halogens is 2. The Morgan fingerprint density at radius 1 is 1.03 bits per heavy atom. The largest absolute Gasteiger partial charge is 0.335 e. The van der Waals surface area contributed by atoms with Crippen LogP contribution in [0.5, 0.6) is 0 Å². The van der Waals surface area contributed by atoms with Gasteiger partial charge in [0.15, 0.2) is 5.69 Å². The molecule has 2 aromatic carbocycles. The standard InChI is InChI=1S/C19H17ClFN5O3S/c20-16-12-15(6-7-17(16)21)30(28,29)25-10-8-24(9-11-25)19(27)18-13-22-26(23-18)14-4-2-1-3-5-14/h1-7,12-13H,8-11H2. The Morgan fingerprint density at radius 3 is 2.40 bits per heavy atom. The van der Waals surface area contributed by atoms with Gasteiger partial charge in [0.25, 0.3) is 5.91 Å². The van der Waals surface area contributed by atoms with Crippen molar-refractivity contribution < 1.29 is 17.6 Å². The molecule has 0 saturated carbocycles. The van der Waals surface area contributed by atoms with Crippen molar-refractivity contribution in [2.75, 3.05) is 26.2 Å². The number of nitrogens with zero attached hydrogens (tertiary/aromatic N) is 5. The van der Waals surface area contributed by atoms with Crippen molar-refractivity contribution in [3.05, 3.63) is 71.3 Å². The fraction of sp³-hybridized carbons (Fsp3) is 0.211. The van der Waals surface area contributed by atoms with E-state index in [0.717, 1.165) is 17.8 Å². The van der Waals surface area contributed by atoms with Crippen LogP contribution in [0.4, 0.5) is 4.39 Å². The third-order valence-corrected chi connectivity index (χ3v) is 6.94. The van der Waals surface area contributed by atoms with E-state index in [-0.39, 0.29) is 47.7 Å². The van der Waals surface area contributed by atoms with Gasteiger partial charge >= 0.3 is 0 Å². The SMILES string of the molecule is O=C(c1cnn(-c2ccccc2)n1)N1CCN(S(=O)(=O)c2ccc(F)c(Cl)c2)CC1. The molecule has 1 aromatic heterocycles. The molecule has 0 aliphatic carbocycles. The molecule has 0 bridgehead atoms. The zero-order valence-electron chi connectivity index (χ0n) is 15.6. The number of carbonyl (C=O) groups is 1. The quantitative estimate of drug-likeness (QED) is 0.609. The number of para-hydroxylation sites is 1. The molecule has 1 fully saturated rings. The zero-order chi connectivity index (χ0) is 21.3. The molecule has 11 heteroatoms. The van der Waals surface area contributed by atoms with Gasteiger partial charge in [0, 0.05) is 26.2 Å². The van der Waals surface area contributed by atoms with Crippen LogP contribution < -0.4 is 0 Å². The van der Waals surface area contributed by atoms with Gasteiger partial charge in [-0.3, -0.25) is 4.79 Å². The van der Waals surface area contributed by atoms with Crippen molar-refractivity contribution in [1.29, 1.82) is 0 Å². The van der Waals surface area contributed by atoms with Crippen LogP contribution in [0.1, 0.15) is 10.5 Å². The van der Waals surface area contributed by atoms with Gasteiger partial charge in [-0.2, -0.15) is 14.2 Å². The number of rotatable bonds is 4. The van der Waals surface area contributed by atoms with Gasteiger partial charge in [0.1, 0.15) is 5.82 Å². The van der Waals surface area contributed by atoms with Gasteiger partial charge in [0.05, 0.1) is 21.8 Å². The minimum atomic E-state index is -3.83. The average Bonchev–Trinajstić information content (AvgIpc) is 3.26. The summed E-state index contributed by atoms with van der Waals surface area (Å²) in [6.45, 7) is 0.613. The lowest BCUT2D eigenvalue weighted by atomic mass is 10.3. The van der Waals surface area contributed by atoms with Crippen molar-refractivity contribution in [3.63, 3.8) is 0 Å². The number of piperazine rings is 1. The van der Waals surface area contributed by atoms with Crippen LogP contribution in [-0.2, 0) is 10.0 Å². The predicted octanol–water partition coefficient (Wildman–Crippen LogP) is 2.21. The molecule has 0 N–H and O–H groups in total. The Labute approximate surface area is 177 Å². The third kappa shape index (κ3) is 3.93. The van der Waals surface area contributed by atoms with E-state index < -0.39 is 15.8 Å². The summed E-state index contributed by atoms with van der Waals surface area (Å²) in [5.41, 5.74) is 0.908. The van der Waals surface area contributed by atoms with E-state index >= 15 is 0 Å². The van der Waals surface area contributed by atoms with Crippen molar-refractivity contribution in [1.82, 2.24) is 24.2 Å². The first-order chi connectivity index (χ1) is 14.4. The van der Waals surface area contributed by atoms with E-state index in [9.17, 15) is 17.6 Å². The number of sulfonamides is 1. The van der Waals surface area contributed by atoms with E-state index in [1.165, 1.54) is 26.3 Å². The molecule has 8 nitrogen and oxygen atoms in total. The predicted molar refractivity (Wildman–Crippen MR) is 107 cm³/mol. The van der Waals surface area contributed by atoms with Gasteiger partial charge in [-0.15, -0.1) is 5.10 Å². The second kappa shape index (κ2) is 8.13. The molecule has 1 aliphatic rings. The minimum absolute atomic E-state index is 0.0838. The average molecular weight is 450 g/mol. The van der Waals surface area contributed by atoms with Crippen LogP contribution in [0.2, 0.25) is 5.02 Å².